The number of esters is 4. The first-order valence-corrected chi connectivity index (χ1v) is 54.7. The van der Waals surface area contributed by atoms with E-state index in [1.54, 1.807) is 0 Å². The van der Waals surface area contributed by atoms with Crippen molar-refractivity contribution in [2.75, 3.05) is 47.0 Å². The average molecular weight is 1880 g/mol. The van der Waals surface area contributed by atoms with E-state index in [4.69, 9.17) is 75.8 Å². The monoisotopic (exact) mass is 1880 g/mol. The number of benzene rings is 2. The molecule has 21 rings (SSSR count). The minimum absolute atomic E-state index is 0.00509. The van der Waals surface area contributed by atoms with Gasteiger partial charge in [-0.15, -0.1) is 0 Å². The Labute approximate surface area is 810 Å². The fourth-order valence-electron chi connectivity index (χ4n) is 27.3. The topological polar surface area (TPSA) is 216 Å². The quantitative estimate of drug-likeness (QED) is 0.0262. The lowest BCUT2D eigenvalue weighted by Crippen LogP contribution is -2.62. The molecule has 0 heterocycles. The van der Waals surface area contributed by atoms with Crippen LogP contribution in [0.5, 0.6) is 11.5 Å². The smallest absolute Gasteiger partial charge is 0.312 e. The standard InChI is InChI=1S/C23H38O4.C22H36O4.C19H32O4.C18H30O4.C18H28O2.C14H22O2/c1-4-21(2,3)20(24)27-23-13-17-10-18(14-23)12-22(11-17,15-23)26-16-25-19-8-6-5-7-9-19;1-3-16(2)20(23)26-22-12-17-9-18(13-22)11-21(10-17,14-22)25-15-24-19-7-5-4-6-8-19;1-5-17(3,4)16(20)23-19-10-14-7-15(11-19)9-18(8-14,12-19)22-13-21-6-2;1-4-13(3)16(19)22-18-9-14-6-15(10-18)8-17(7-14,11-18)21-12-20-5-2;1-4-14(2)16-10-12-18(13-11-16)20-15(3)19-17-8-6-5-7-9-17;1-5-11(3)13-7-9-14(10-8-13)16-12(4)15-6-2/h17-19H,4-16H2,1-3H3;16-19H,3-15H2,1-2H3;14-15H,5-13H2,1-4H3;13-15H,4-12H2,1-3H3;10-15,17H,4-9H2,1-3H3;7-12H,5-6H2,1-4H3. The molecule has 0 aromatic heterocycles. The Morgan fingerprint density at radius 3 is 0.881 bits per heavy atom. The van der Waals surface area contributed by atoms with Gasteiger partial charge in [-0.3, -0.25) is 19.2 Å². The van der Waals surface area contributed by atoms with Crippen LogP contribution in [0.4, 0.5) is 0 Å². The summed E-state index contributed by atoms with van der Waals surface area (Å²) < 4.78 is 95.6. The molecular weight excluding hydrogens is 1690 g/mol. The van der Waals surface area contributed by atoms with Crippen molar-refractivity contribution in [1.29, 1.82) is 0 Å². The fourth-order valence-corrected chi connectivity index (χ4v) is 27.3. The Morgan fingerprint density at radius 2 is 0.604 bits per heavy atom. The van der Waals surface area contributed by atoms with Crippen molar-refractivity contribution in [3.05, 3.63) is 59.7 Å². The Kier molecular flexibility index (Phi) is 39.6. The Balaban J connectivity index is 0.000000146. The van der Waals surface area contributed by atoms with Gasteiger partial charge in [-0.1, -0.05) is 151 Å². The van der Waals surface area contributed by atoms with E-state index in [0.717, 1.165) is 172 Å². The van der Waals surface area contributed by atoms with Crippen LogP contribution in [-0.2, 0) is 85.5 Å². The molecule has 14 atom stereocenters. The minimum atomic E-state index is -0.401. The summed E-state index contributed by atoms with van der Waals surface area (Å²) in [5, 5.41) is 0. The first-order valence-electron chi connectivity index (χ1n) is 54.7. The van der Waals surface area contributed by atoms with Crippen molar-refractivity contribution in [3.8, 4) is 11.5 Å². The van der Waals surface area contributed by atoms with E-state index in [1.807, 2.05) is 102 Å². The van der Waals surface area contributed by atoms with Gasteiger partial charge in [-0.25, -0.2) is 0 Å². The first-order chi connectivity index (χ1) is 64.0. The Bertz CT molecular complexity index is 3820. The third-order valence-electron chi connectivity index (χ3n) is 34.8. The molecule has 19 fully saturated rings. The van der Waals surface area contributed by atoms with E-state index in [9.17, 15) is 19.2 Å². The summed E-state index contributed by atoms with van der Waals surface area (Å²) in [4.78, 5) is 50.3. The highest BCUT2D eigenvalue weighted by Crippen LogP contribution is 2.65. The maximum atomic E-state index is 12.8. The van der Waals surface area contributed by atoms with Gasteiger partial charge in [0.1, 0.15) is 61.1 Å². The minimum Gasteiger partial charge on any atom is -0.465 e. The molecule has 0 radical (unpaired) electrons. The molecular formula is C114H186O20. The molecule has 134 heavy (non-hydrogen) atoms. The summed E-state index contributed by atoms with van der Waals surface area (Å²) in [7, 11) is 0. The molecule has 0 amide bonds. The first kappa shape index (κ1) is 108. The zero-order chi connectivity index (χ0) is 96.2. The zero-order valence-electron chi connectivity index (χ0n) is 87.4. The van der Waals surface area contributed by atoms with Crippen molar-refractivity contribution in [1.82, 2.24) is 0 Å². The fraction of sp³-hybridized carbons (Fsp3) is 0.860. The lowest BCUT2D eigenvalue weighted by atomic mass is 9.52. The third-order valence-corrected chi connectivity index (χ3v) is 34.8. The summed E-state index contributed by atoms with van der Waals surface area (Å²) in [5.74, 6) is 8.01. The van der Waals surface area contributed by atoms with Crippen LogP contribution < -0.4 is 9.47 Å². The molecule has 19 saturated carbocycles. The van der Waals surface area contributed by atoms with Gasteiger partial charge < -0.3 is 75.8 Å². The van der Waals surface area contributed by atoms with Crippen molar-refractivity contribution in [2.45, 2.75) is 508 Å². The van der Waals surface area contributed by atoms with Gasteiger partial charge >= 0.3 is 23.9 Å². The number of carbonyl (C=O) groups is 4. The van der Waals surface area contributed by atoms with Crippen LogP contribution in [0.3, 0.4) is 0 Å². The summed E-state index contributed by atoms with van der Waals surface area (Å²) in [6.07, 6.45) is 51.0. The molecule has 2 aromatic carbocycles. The summed E-state index contributed by atoms with van der Waals surface area (Å²) >= 11 is 0. The molecule has 0 aliphatic heterocycles. The molecule has 20 nitrogen and oxygen atoms in total. The van der Waals surface area contributed by atoms with Crippen molar-refractivity contribution < 1.29 is 95.0 Å². The predicted octanol–water partition coefficient (Wildman–Crippen LogP) is 27.4. The van der Waals surface area contributed by atoms with E-state index < -0.39 is 10.8 Å². The second-order valence-corrected chi connectivity index (χ2v) is 46.9. The van der Waals surface area contributed by atoms with Crippen LogP contribution in [0.2, 0.25) is 0 Å². The van der Waals surface area contributed by atoms with Gasteiger partial charge in [0.2, 0.25) is 0 Å². The highest BCUT2D eigenvalue weighted by Gasteiger charge is 2.65. The van der Waals surface area contributed by atoms with Crippen LogP contribution in [-0.4, -0.2) is 147 Å². The van der Waals surface area contributed by atoms with Crippen molar-refractivity contribution in [3.63, 3.8) is 0 Å². The molecule has 20 heteroatoms. The van der Waals surface area contributed by atoms with Gasteiger partial charge in [0.25, 0.3) is 0 Å². The number of rotatable bonds is 40. The normalized spacial score (nSPS) is 33.7. The molecule has 0 spiro atoms. The van der Waals surface area contributed by atoms with Crippen molar-refractivity contribution >= 4 is 23.9 Å². The molecule has 19 aliphatic carbocycles. The van der Waals surface area contributed by atoms with E-state index in [1.165, 1.54) is 140 Å². The second kappa shape index (κ2) is 49.0. The van der Waals surface area contributed by atoms with Crippen LogP contribution >= 0.6 is 0 Å². The zero-order valence-corrected chi connectivity index (χ0v) is 87.4. The molecule has 16 bridgehead atoms. The largest absolute Gasteiger partial charge is 0.465 e. The Hall–Kier alpha value is -4.48. The van der Waals surface area contributed by atoms with Crippen LogP contribution in [0.25, 0.3) is 0 Å². The van der Waals surface area contributed by atoms with E-state index in [0.29, 0.717) is 124 Å². The predicted molar refractivity (Wildman–Crippen MR) is 525 cm³/mol. The average Bonchev–Trinajstić information content (AvgIpc) is 0.737. The van der Waals surface area contributed by atoms with Gasteiger partial charge in [0, 0.05) is 45.5 Å². The number of hydrogen-bond donors (Lipinski definition) is 0. The second-order valence-electron chi connectivity index (χ2n) is 46.9. The maximum absolute atomic E-state index is 12.8. The number of ether oxygens (including phenoxy) is 16. The summed E-state index contributed by atoms with van der Waals surface area (Å²) in [6, 6.07) is 16.7. The van der Waals surface area contributed by atoms with E-state index in [2.05, 4.69) is 77.9 Å². The van der Waals surface area contributed by atoms with Crippen LogP contribution in [0.1, 0.15) is 443 Å². The molecule has 19 aliphatic rings. The van der Waals surface area contributed by atoms with Crippen LogP contribution in [0, 0.1) is 70.0 Å². The lowest BCUT2D eigenvalue weighted by Gasteiger charge is -2.60. The molecule has 14 unspecified atom stereocenters. The van der Waals surface area contributed by atoms with Gasteiger partial charge in [0.15, 0.2) is 12.6 Å². The van der Waals surface area contributed by atoms with Gasteiger partial charge in [-0.05, 0) is 362 Å². The summed E-state index contributed by atoms with van der Waals surface area (Å²) in [5.41, 5.74) is 0.322. The maximum Gasteiger partial charge on any atom is 0.312 e. The third kappa shape index (κ3) is 29.6. The van der Waals surface area contributed by atoms with Crippen LogP contribution in [0.15, 0.2) is 48.5 Å². The van der Waals surface area contributed by atoms with E-state index >= 15 is 0 Å². The molecule has 0 N–H and O–H groups in total. The highest BCUT2D eigenvalue weighted by atomic mass is 16.7. The van der Waals surface area contributed by atoms with Gasteiger partial charge in [0.05, 0.1) is 63.4 Å². The Morgan fingerprint density at radius 1 is 0.328 bits per heavy atom. The molecule has 0 saturated heterocycles. The summed E-state index contributed by atoms with van der Waals surface area (Å²) in [6.45, 7) is 42.4. The lowest BCUT2D eigenvalue weighted by molar-refractivity contribution is -0.262. The van der Waals surface area contributed by atoms with E-state index in [-0.39, 0.29) is 93.1 Å². The highest BCUT2D eigenvalue weighted by molar-refractivity contribution is 5.77. The molecule has 2 aromatic rings. The number of carbonyl (C=O) groups excluding carboxylic acids is 4. The number of hydrogen-bond acceptors (Lipinski definition) is 20. The van der Waals surface area contributed by atoms with Crippen molar-refractivity contribution in [2.24, 2.45) is 70.0 Å². The van der Waals surface area contributed by atoms with Gasteiger partial charge in [-0.2, -0.15) is 0 Å². The molecule has 762 valence electrons. The SMILES string of the molecule is CCC(C)(C)C(=O)OC12CC3CC(CC(OCOC4CCCCC4)(C3)C1)C2.CCC(C)C(=O)OC12CC3CC(CC(OCOC4CCCCC4)(C3)C1)C2.CCC(C)c1ccc(OC(C)OC2CCCCC2)cc1.CCOC(C)Oc1ccc(C(C)CC)cc1.CCOCOC12CC3CC(C1)CC(OC(=O)C(C)(C)CC)(C3)C2.CCOCOC12CC3CC(C1)CC(OC(=O)C(C)CC)(C3)C2.